The normalized spacial score (nSPS) is 13.0. The molecule has 2 aliphatic rings. The fourth-order valence-electron chi connectivity index (χ4n) is 10.7. The zero-order valence-electron chi connectivity index (χ0n) is 33.7. The van der Waals surface area contributed by atoms with Crippen LogP contribution in [0.3, 0.4) is 0 Å². The maximum Gasteiger partial charge on any atom is 0.164 e. The molecule has 0 unspecified atom stereocenters. The van der Waals surface area contributed by atoms with Crippen molar-refractivity contribution in [3.8, 4) is 67.5 Å². The highest BCUT2D eigenvalue weighted by Gasteiger charge is 2.53. The van der Waals surface area contributed by atoms with Crippen molar-refractivity contribution < 1.29 is 8.83 Å². The van der Waals surface area contributed by atoms with E-state index in [2.05, 4.69) is 133 Å². The second-order valence-electron chi connectivity index (χ2n) is 16.6. The monoisotopic (exact) mass is 819 g/mol. The first-order chi connectivity index (χ1) is 31.2. The number of aromatic nitrogens is 3. The minimum Gasteiger partial charge on any atom is -0.456 e. The van der Waals surface area contributed by atoms with Crippen molar-refractivity contribution in [3.63, 3.8) is 0 Å². The van der Waals surface area contributed by atoms with Gasteiger partial charge in [0, 0.05) is 38.2 Å². The Bertz CT molecular complexity index is 3760. The molecule has 5 nitrogen and oxygen atoms in total. The van der Waals surface area contributed by atoms with Crippen LogP contribution in [0.15, 0.2) is 209 Å². The molecular formula is C59H37N3O2. The van der Waals surface area contributed by atoms with Crippen LogP contribution >= 0.6 is 0 Å². The maximum absolute atomic E-state index is 6.82. The maximum atomic E-state index is 6.82. The van der Waals surface area contributed by atoms with Crippen LogP contribution < -0.4 is 0 Å². The van der Waals surface area contributed by atoms with Crippen LogP contribution in [0.25, 0.3) is 111 Å². The van der Waals surface area contributed by atoms with Gasteiger partial charge in [-0.05, 0) is 98.1 Å². The highest BCUT2D eigenvalue weighted by atomic mass is 16.3. The molecule has 1 spiro atoms. The van der Waals surface area contributed by atoms with Crippen molar-refractivity contribution in [2.24, 2.45) is 0 Å². The molecule has 0 amide bonds. The molecule has 14 rings (SSSR count). The molecule has 0 fully saturated rings. The van der Waals surface area contributed by atoms with Crippen LogP contribution in [0.5, 0.6) is 0 Å². The van der Waals surface area contributed by atoms with Crippen molar-refractivity contribution in [2.45, 2.75) is 12.8 Å². The van der Waals surface area contributed by atoms with Gasteiger partial charge in [0.15, 0.2) is 17.5 Å². The fraction of sp³-hybridized carbons (Fsp3) is 0.0339. The molecule has 0 saturated carbocycles. The average Bonchev–Trinajstić information content (AvgIpc) is 4.08. The molecular weight excluding hydrogens is 783 g/mol. The summed E-state index contributed by atoms with van der Waals surface area (Å²) in [6.07, 6.45) is 0. The topological polar surface area (TPSA) is 65.0 Å². The first-order valence-electron chi connectivity index (χ1n) is 21.3. The molecule has 3 heterocycles. The summed E-state index contributed by atoms with van der Waals surface area (Å²) in [5.74, 6) is 1.89. The molecule has 64 heavy (non-hydrogen) atoms. The van der Waals surface area contributed by atoms with Crippen LogP contribution in [0.1, 0.15) is 29.7 Å². The smallest absolute Gasteiger partial charge is 0.164 e. The lowest BCUT2D eigenvalue weighted by molar-refractivity contribution is 0.666. The van der Waals surface area contributed by atoms with E-state index in [4.69, 9.17) is 23.8 Å². The molecule has 2 aliphatic carbocycles. The van der Waals surface area contributed by atoms with Crippen LogP contribution in [-0.2, 0) is 5.41 Å². The lowest BCUT2D eigenvalue weighted by Crippen LogP contribution is -2.26. The van der Waals surface area contributed by atoms with Crippen LogP contribution in [0, 0.1) is 0 Å². The third-order valence-electron chi connectivity index (χ3n) is 13.3. The first kappa shape index (κ1) is 36.3. The van der Waals surface area contributed by atoms with E-state index >= 15 is 0 Å². The predicted molar refractivity (Wildman–Crippen MR) is 259 cm³/mol. The van der Waals surface area contributed by atoms with Gasteiger partial charge in [-0.2, -0.15) is 0 Å². The summed E-state index contributed by atoms with van der Waals surface area (Å²) in [6.45, 7) is 0. The van der Waals surface area contributed by atoms with Gasteiger partial charge in [0.1, 0.15) is 22.3 Å². The molecule has 12 aromatic rings. The Labute approximate surface area is 369 Å². The number of hydrogen-bond donors (Lipinski definition) is 0. The minimum atomic E-state index is -0.608. The van der Waals surface area contributed by atoms with Gasteiger partial charge in [-0.15, -0.1) is 0 Å². The van der Waals surface area contributed by atoms with Gasteiger partial charge in [0.05, 0.1) is 5.41 Å². The van der Waals surface area contributed by atoms with E-state index in [9.17, 15) is 0 Å². The van der Waals surface area contributed by atoms with E-state index in [-0.39, 0.29) is 7.43 Å². The summed E-state index contributed by atoms with van der Waals surface area (Å²) in [6, 6.07) is 70.7. The number of furan rings is 2. The summed E-state index contributed by atoms with van der Waals surface area (Å²) in [5, 5.41) is 4.45. The van der Waals surface area contributed by atoms with E-state index in [1.54, 1.807) is 0 Å². The molecule has 0 bridgehead atoms. The van der Waals surface area contributed by atoms with Crippen molar-refractivity contribution in [2.75, 3.05) is 0 Å². The van der Waals surface area contributed by atoms with Crippen molar-refractivity contribution in [3.05, 3.63) is 222 Å². The highest BCUT2D eigenvalue weighted by Crippen LogP contribution is 2.65. The van der Waals surface area contributed by atoms with Gasteiger partial charge < -0.3 is 8.83 Å². The molecule has 9 aromatic carbocycles. The second kappa shape index (κ2) is 13.5. The predicted octanol–water partition coefficient (Wildman–Crippen LogP) is 15.3. The van der Waals surface area contributed by atoms with Gasteiger partial charge in [-0.25, -0.2) is 15.0 Å². The van der Waals surface area contributed by atoms with E-state index in [1.165, 1.54) is 44.5 Å². The molecule has 3 aromatic heterocycles. The number of benzene rings is 9. The lowest BCUT2D eigenvalue weighted by Gasteiger charge is -2.31. The summed E-state index contributed by atoms with van der Waals surface area (Å²) < 4.78 is 13.5. The largest absolute Gasteiger partial charge is 0.456 e. The summed E-state index contributed by atoms with van der Waals surface area (Å²) in [7, 11) is 0. The van der Waals surface area contributed by atoms with Gasteiger partial charge in [0.2, 0.25) is 0 Å². The van der Waals surface area contributed by atoms with E-state index in [1.807, 2.05) is 66.7 Å². The van der Waals surface area contributed by atoms with E-state index < -0.39 is 5.41 Å². The van der Waals surface area contributed by atoms with Crippen molar-refractivity contribution in [1.82, 2.24) is 15.0 Å². The van der Waals surface area contributed by atoms with Gasteiger partial charge in [-0.1, -0.05) is 165 Å². The fourth-order valence-corrected chi connectivity index (χ4v) is 10.7. The number of para-hydroxylation sites is 1. The lowest BCUT2D eigenvalue weighted by atomic mass is 9.69. The third kappa shape index (κ3) is 4.98. The Balaban J connectivity index is 0.00000413. The van der Waals surface area contributed by atoms with Crippen LogP contribution in [-0.4, -0.2) is 15.0 Å². The molecule has 0 radical (unpaired) electrons. The number of rotatable bonds is 4. The zero-order chi connectivity index (χ0) is 41.2. The van der Waals surface area contributed by atoms with Crippen molar-refractivity contribution >= 4 is 43.9 Å². The molecule has 0 saturated heterocycles. The average molecular weight is 820 g/mol. The van der Waals surface area contributed by atoms with Gasteiger partial charge in [0.25, 0.3) is 0 Å². The quantitative estimate of drug-likeness (QED) is 0.177. The van der Waals surface area contributed by atoms with Gasteiger partial charge in [-0.3, -0.25) is 0 Å². The number of hydrogen-bond acceptors (Lipinski definition) is 5. The Kier molecular flexibility index (Phi) is 7.67. The third-order valence-corrected chi connectivity index (χ3v) is 13.3. The Hall–Kier alpha value is -8.41. The SMILES string of the molecule is C.c1ccc(-c2nc(-c3ccccc3)nc(-c3cccc(-c4ccc5oc6ccc7c(c6c5c4)C4(c5ccccc5-c5ccccc54)c4cc5oc6ccccc6c5cc4-7)c3)n2)cc1. The van der Waals surface area contributed by atoms with Crippen LogP contribution in [0.4, 0.5) is 0 Å². The standard InChI is InChI=1S/C58H33N3O2.CH4/c1-3-14-34(15-4-1)55-59-56(35-16-5-2-6-17-35)61-57(60-55)38-19-13-18-36(30-38)37-26-28-50-45(31-37)53-51(62-50)29-27-42-43-32-44-41-22-9-12-25-49(41)63-52(44)33-48(43)58(54(42)53)46-23-10-7-20-39(46)40-21-8-11-24-47(40)58;/h1-33H;1H4. The molecule has 0 aliphatic heterocycles. The Morgan fingerprint density at radius 2 is 0.859 bits per heavy atom. The Morgan fingerprint density at radius 3 is 1.58 bits per heavy atom. The number of fused-ring (bicyclic) bond motifs is 17. The summed E-state index contributed by atoms with van der Waals surface area (Å²) >= 11 is 0. The second-order valence-corrected chi connectivity index (χ2v) is 16.6. The molecule has 300 valence electrons. The van der Waals surface area contributed by atoms with E-state index in [0.29, 0.717) is 17.5 Å². The molecule has 5 heteroatoms. The summed E-state index contributed by atoms with van der Waals surface area (Å²) in [5.41, 5.74) is 17.8. The first-order valence-corrected chi connectivity index (χ1v) is 21.3. The zero-order valence-corrected chi connectivity index (χ0v) is 33.7. The van der Waals surface area contributed by atoms with E-state index in [0.717, 1.165) is 71.7 Å². The summed E-state index contributed by atoms with van der Waals surface area (Å²) in [4.78, 5) is 15.0. The Morgan fingerprint density at radius 1 is 0.312 bits per heavy atom. The number of nitrogens with zero attached hydrogens (tertiary/aromatic N) is 3. The highest BCUT2D eigenvalue weighted by molar-refractivity contribution is 6.16. The van der Waals surface area contributed by atoms with Crippen molar-refractivity contribution in [1.29, 1.82) is 0 Å². The molecule has 0 atom stereocenters. The van der Waals surface area contributed by atoms with Gasteiger partial charge >= 0.3 is 0 Å². The van der Waals surface area contributed by atoms with Crippen LogP contribution in [0.2, 0.25) is 0 Å². The molecule has 0 N–H and O–H groups in total. The minimum absolute atomic E-state index is 0.